The minimum Gasteiger partial charge on any atom is -0.325 e. The molecule has 0 saturated heterocycles. The SMILES string of the molecule is CCn1c(Cc2ccccc2)nnc1SCC(=O)Nc1ccc(Br)cc1C(C)C. The second-order valence-electron chi connectivity index (χ2n) is 7.03. The topological polar surface area (TPSA) is 59.8 Å². The number of nitrogens with one attached hydrogen (secondary N) is 1. The lowest BCUT2D eigenvalue weighted by molar-refractivity contribution is -0.113. The van der Waals surface area contributed by atoms with E-state index in [1.807, 2.05) is 30.3 Å². The van der Waals surface area contributed by atoms with Crippen LogP contribution in [0.5, 0.6) is 0 Å². The van der Waals surface area contributed by atoms with Crippen molar-refractivity contribution in [2.24, 2.45) is 0 Å². The molecule has 0 unspecified atom stereocenters. The number of anilines is 1. The van der Waals surface area contributed by atoms with Crippen molar-refractivity contribution in [1.29, 1.82) is 0 Å². The molecule has 0 spiro atoms. The molecule has 0 fully saturated rings. The van der Waals surface area contributed by atoms with Crippen molar-refractivity contribution in [2.45, 2.75) is 44.8 Å². The molecule has 5 nitrogen and oxygen atoms in total. The Morgan fingerprint density at radius 3 is 2.62 bits per heavy atom. The van der Waals surface area contributed by atoms with Crippen LogP contribution in [0, 0.1) is 0 Å². The van der Waals surface area contributed by atoms with Crippen LogP contribution in [0.3, 0.4) is 0 Å². The summed E-state index contributed by atoms with van der Waals surface area (Å²) in [6, 6.07) is 16.2. The number of benzene rings is 2. The van der Waals surface area contributed by atoms with E-state index in [0.717, 1.165) is 39.7 Å². The predicted octanol–water partition coefficient (Wildman–Crippen LogP) is 5.51. The van der Waals surface area contributed by atoms with E-state index in [9.17, 15) is 4.79 Å². The van der Waals surface area contributed by atoms with Gasteiger partial charge in [0.2, 0.25) is 5.91 Å². The van der Waals surface area contributed by atoms with Gasteiger partial charge in [0.25, 0.3) is 0 Å². The molecular formula is C22H25BrN4OS. The van der Waals surface area contributed by atoms with E-state index in [4.69, 9.17) is 0 Å². The van der Waals surface area contributed by atoms with Crippen LogP contribution in [0.4, 0.5) is 5.69 Å². The van der Waals surface area contributed by atoms with E-state index in [2.05, 4.69) is 75.0 Å². The molecule has 1 N–H and O–H groups in total. The van der Waals surface area contributed by atoms with Crippen LogP contribution in [0.25, 0.3) is 0 Å². The Balaban J connectivity index is 1.65. The van der Waals surface area contributed by atoms with E-state index in [-0.39, 0.29) is 11.7 Å². The van der Waals surface area contributed by atoms with Crippen molar-refractivity contribution >= 4 is 39.3 Å². The Labute approximate surface area is 184 Å². The third-order valence-electron chi connectivity index (χ3n) is 4.56. The first-order chi connectivity index (χ1) is 14.0. The van der Waals surface area contributed by atoms with Crippen molar-refractivity contribution in [3.8, 4) is 0 Å². The fourth-order valence-electron chi connectivity index (χ4n) is 3.09. The summed E-state index contributed by atoms with van der Waals surface area (Å²) in [5, 5.41) is 12.5. The van der Waals surface area contributed by atoms with Gasteiger partial charge in [0, 0.05) is 23.1 Å². The zero-order chi connectivity index (χ0) is 20.8. The van der Waals surface area contributed by atoms with Crippen LogP contribution in [0.15, 0.2) is 58.2 Å². The first-order valence-corrected chi connectivity index (χ1v) is 11.4. The molecule has 152 valence electrons. The van der Waals surface area contributed by atoms with Crippen LogP contribution in [0.1, 0.15) is 43.6 Å². The van der Waals surface area contributed by atoms with Crippen molar-refractivity contribution in [3.63, 3.8) is 0 Å². The summed E-state index contributed by atoms with van der Waals surface area (Å²) >= 11 is 4.91. The highest BCUT2D eigenvalue weighted by atomic mass is 79.9. The van der Waals surface area contributed by atoms with Crippen LogP contribution in [-0.4, -0.2) is 26.4 Å². The summed E-state index contributed by atoms with van der Waals surface area (Å²) in [6.45, 7) is 7.07. The highest BCUT2D eigenvalue weighted by Gasteiger charge is 2.15. The number of rotatable bonds is 8. The molecule has 0 saturated carbocycles. The second-order valence-corrected chi connectivity index (χ2v) is 8.89. The van der Waals surface area contributed by atoms with Gasteiger partial charge in [0.05, 0.1) is 5.75 Å². The smallest absolute Gasteiger partial charge is 0.234 e. The summed E-state index contributed by atoms with van der Waals surface area (Å²) in [6.07, 6.45) is 0.727. The van der Waals surface area contributed by atoms with Crippen LogP contribution in [0.2, 0.25) is 0 Å². The molecule has 3 aromatic rings. The number of thioether (sulfide) groups is 1. The molecule has 3 rings (SSSR count). The molecule has 0 aliphatic carbocycles. The van der Waals surface area contributed by atoms with Gasteiger partial charge < -0.3 is 9.88 Å². The zero-order valence-corrected chi connectivity index (χ0v) is 19.3. The molecule has 0 aliphatic heterocycles. The molecule has 1 aromatic heterocycles. The maximum absolute atomic E-state index is 12.5. The maximum Gasteiger partial charge on any atom is 0.234 e. The largest absolute Gasteiger partial charge is 0.325 e. The summed E-state index contributed by atoms with van der Waals surface area (Å²) in [4.78, 5) is 12.5. The molecule has 0 aliphatic rings. The normalized spacial score (nSPS) is 11.1. The Morgan fingerprint density at radius 1 is 1.17 bits per heavy atom. The Bertz CT molecular complexity index is 972. The Hall–Kier alpha value is -2.12. The highest BCUT2D eigenvalue weighted by molar-refractivity contribution is 9.10. The van der Waals surface area contributed by atoms with E-state index in [0.29, 0.717) is 5.92 Å². The number of amides is 1. The van der Waals surface area contributed by atoms with Gasteiger partial charge in [0.1, 0.15) is 5.82 Å². The first kappa shape index (κ1) is 21.6. The molecule has 7 heteroatoms. The standard InChI is InChI=1S/C22H25BrN4OS/c1-4-27-20(12-16-8-6-5-7-9-16)25-26-22(27)29-14-21(28)24-19-11-10-17(23)13-18(19)15(2)3/h5-11,13,15H,4,12,14H2,1-3H3,(H,24,28). The van der Waals surface area contributed by atoms with E-state index in [1.165, 1.54) is 17.3 Å². The highest BCUT2D eigenvalue weighted by Crippen LogP contribution is 2.28. The molecule has 1 heterocycles. The van der Waals surface area contributed by atoms with E-state index < -0.39 is 0 Å². The van der Waals surface area contributed by atoms with Crippen LogP contribution in [-0.2, 0) is 17.8 Å². The van der Waals surface area contributed by atoms with Gasteiger partial charge in [-0.2, -0.15) is 0 Å². The minimum absolute atomic E-state index is 0.0468. The average Bonchev–Trinajstić information content (AvgIpc) is 3.09. The molecule has 0 radical (unpaired) electrons. The first-order valence-electron chi connectivity index (χ1n) is 9.66. The number of nitrogens with zero attached hydrogens (tertiary/aromatic N) is 3. The number of aromatic nitrogens is 3. The van der Waals surface area contributed by atoms with E-state index in [1.54, 1.807) is 0 Å². The van der Waals surface area contributed by atoms with Gasteiger partial charge in [-0.1, -0.05) is 71.9 Å². The lowest BCUT2D eigenvalue weighted by Crippen LogP contribution is -2.16. The van der Waals surface area contributed by atoms with Crippen molar-refractivity contribution in [1.82, 2.24) is 14.8 Å². The van der Waals surface area contributed by atoms with Crippen molar-refractivity contribution < 1.29 is 4.79 Å². The lowest BCUT2D eigenvalue weighted by Gasteiger charge is -2.14. The number of halogens is 1. The number of carbonyl (C=O) groups is 1. The van der Waals surface area contributed by atoms with E-state index >= 15 is 0 Å². The van der Waals surface area contributed by atoms with Gasteiger partial charge in [0.15, 0.2) is 5.16 Å². The van der Waals surface area contributed by atoms with Crippen molar-refractivity contribution in [2.75, 3.05) is 11.1 Å². The number of hydrogen-bond donors (Lipinski definition) is 1. The van der Waals surface area contributed by atoms with Gasteiger partial charge in [-0.05, 0) is 42.2 Å². The molecule has 1 amide bonds. The predicted molar refractivity (Wildman–Crippen MR) is 123 cm³/mol. The quantitative estimate of drug-likeness (QED) is 0.439. The average molecular weight is 473 g/mol. The molecule has 0 atom stereocenters. The second kappa shape index (κ2) is 10.1. The zero-order valence-electron chi connectivity index (χ0n) is 16.9. The van der Waals surface area contributed by atoms with Gasteiger partial charge >= 0.3 is 0 Å². The van der Waals surface area contributed by atoms with Gasteiger partial charge in [-0.25, -0.2) is 0 Å². The Kier molecular flexibility index (Phi) is 7.50. The summed E-state index contributed by atoms with van der Waals surface area (Å²) in [5.41, 5.74) is 3.16. The number of carbonyl (C=O) groups excluding carboxylic acids is 1. The number of hydrogen-bond acceptors (Lipinski definition) is 4. The maximum atomic E-state index is 12.5. The molecule has 2 aromatic carbocycles. The molecule has 0 bridgehead atoms. The van der Waals surface area contributed by atoms with Gasteiger partial charge in [-0.15, -0.1) is 10.2 Å². The van der Waals surface area contributed by atoms with Gasteiger partial charge in [-0.3, -0.25) is 4.79 Å². The summed E-state index contributed by atoms with van der Waals surface area (Å²) < 4.78 is 3.08. The lowest BCUT2D eigenvalue weighted by atomic mass is 10.0. The molecule has 29 heavy (non-hydrogen) atoms. The third kappa shape index (κ3) is 5.70. The van der Waals surface area contributed by atoms with Crippen LogP contribution >= 0.6 is 27.7 Å². The summed E-state index contributed by atoms with van der Waals surface area (Å²) in [7, 11) is 0. The van der Waals surface area contributed by atoms with Crippen LogP contribution < -0.4 is 5.32 Å². The fourth-order valence-corrected chi connectivity index (χ4v) is 4.29. The summed E-state index contributed by atoms with van der Waals surface area (Å²) in [5.74, 6) is 1.47. The monoisotopic (exact) mass is 472 g/mol. The third-order valence-corrected chi connectivity index (χ3v) is 6.02. The van der Waals surface area contributed by atoms with Crippen molar-refractivity contribution in [3.05, 3.63) is 70.0 Å². The fraction of sp³-hybridized carbons (Fsp3) is 0.318. The molecular weight excluding hydrogens is 448 g/mol. The minimum atomic E-state index is -0.0468. The Morgan fingerprint density at radius 2 is 1.93 bits per heavy atom.